The Hall–Kier alpha value is -1.53. The van der Waals surface area contributed by atoms with E-state index in [2.05, 4.69) is 5.43 Å². The second kappa shape index (κ2) is 2.85. The first-order valence-electron chi connectivity index (χ1n) is 2.78. The quantitative estimate of drug-likeness (QED) is 0.450. The Morgan fingerprint density at radius 1 is 1.30 bits per heavy atom. The molecule has 1 radical (unpaired) electrons. The average Bonchev–Trinajstić information content (AvgIpc) is 2.05. The van der Waals surface area contributed by atoms with E-state index in [1.165, 1.54) is 0 Å². The van der Waals surface area contributed by atoms with Crippen LogP contribution in [0.3, 0.4) is 0 Å². The summed E-state index contributed by atoms with van der Waals surface area (Å²) in [4.78, 5) is 0. The highest BCUT2D eigenvalue weighted by molar-refractivity contribution is 5.41. The Morgan fingerprint density at radius 3 is 2.30 bits per heavy atom. The first-order chi connectivity index (χ1) is 4.86. The minimum atomic E-state index is 0.618. The van der Waals surface area contributed by atoms with E-state index in [-0.39, 0.29) is 0 Å². The van der Waals surface area contributed by atoms with E-state index < -0.39 is 0 Å². The van der Waals surface area contributed by atoms with Crippen LogP contribution in [0.4, 0.5) is 5.69 Å². The van der Waals surface area contributed by atoms with Gasteiger partial charge in [-0.2, -0.15) is 5.26 Å². The van der Waals surface area contributed by atoms with E-state index in [4.69, 9.17) is 11.1 Å². The van der Waals surface area contributed by atoms with Crippen LogP contribution in [-0.4, -0.2) is 0 Å². The first-order valence-corrected chi connectivity index (χ1v) is 2.78. The molecule has 3 heteroatoms. The predicted octanol–water partition coefficient (Wildman–Crippen LogP) is 0.668. The number of nitrogens with two attached hydrogens (primary N) is 1. The van der Waals surface area contributed by atoms with Crippen LogP contribution in [0.2, 0.25) is 0 Å². The SMILES string of the molecule is N#Cc1ccc([N]N)cc1. The van der Waals surface area contributed by atoms with Crippen LogP contribution in [0.1, 0.15) is 5.56 Å². The van der Waals surface area contributed by atoms with Crippen LogP contribution in [0.25, 0.3) is 0 Å². The summed E-state index contributed by atoms with van der Waals surface area (Å²) in [5, 5.41) is 8.39. The summed E-state index contributed by atoms with van der Waals surface area (Å²) in [7, 11) is 0. The Balaban J connectivity index is 2.93. The van der Waals surface area contributed by atoms with E-state index in [1.807, 2.05) is 6.07 Å². The lowest BCUT2D eigenvalue weighted by atomic mass is 10.2. The fourth-order valence-corrected chi connectivity index (χ4v) is 0.622. The van der Waals surface area contributed by atoms with E-state index >= 15 is 0 Å². The maximum atomic E-state index is 8.39. The molecule has 0 spiro atoms. The van der Waals surface area contributed by atoms with Gasteiger partial charge in [-0.1, -0.05) is 0 Å². The molecular weight excluding hydrogens is 126 g/mol. The molecule has 0 aromatic heterocycles. The van der Waals surface area contributed by atoms with Gasteiger partial charge in [0.2, 0.25) is 0 Å². The second-order valence-electron chi connectivity index (χ2n) is 1.79. The van der Waals surface area contributed by atoms with Gasteiger partial charge >= 0.3 is 0 Å². The van der Waals surface area contributed by atoms with E-state index in [0.29, 0.717) is 11.3 Å². The van der Waals surface area contributed by atoms with Crippen LogP contribution in [0.15, 0.2) is 24.3 Å². The zero-order valence-corrected chi connectivity index (χ0v) is 5.28. The van der Waals surface area contributed by atoms with Crippen molar-refractivity contribution in [3.05, 3.63) is 29.8 Å². The highest BCUT2D eigenvalue weighted by atomic mass is 15.2. The number of nitrogens with zero attached hydrogens (tertiary/aromatic N) is 2. The predicted molar refractivity (Wildman–Crippen MR) is 37.1 cm³/mol. The van der Waals surface area contributed by atoms with Crippen LogP contribution < -0.4 is 11.3 Å². The Morgan fingerprint density at radius 2 is 1.90 bits per heavy atom. The van der Waals surface area contributed by atoms with Crippen molar-refractivity contribution in [2.24, 2.45) is 5.84 Å². The van der Waals surface area contributed by atoms with Crippen molar-refractivity contribution in [3.63, 3.8) is 0 Å². The van der Waals surface area contributed by atoms with Gasteiger partial charge in [-0.25, -0.2) is 11.3 Å². The largest absolute Gasteiger partial charge is 0.227 e. The van der Waals surface area contributed by atoms with Crippen molar-refractivity contribution >= 4 is 5.69 Å². The molecular formula is C7H6N3. The molecule has 0 aliphatic rings. The molecule has 0 fully saturated rings. The van der Waals surface area contributed by atoms with Crippen LogP contribution in [-0.2, 0) is 0 Å². The van der Waals surface area contributed by atoms with Gasteiger partial charge in [0.05, 0.1) is 17.3 Å². The number of nitriles is 1. The average molecular weight is 132 g/mol. The van der Waals surface area contributed by atoms with Crippen molar-refractivity contribution in [3.8, 4) is 6.07 Å². The monoisotopic (exact) mass is 132 g/mol. The number of benzene rings is 1. The lowest BCUT2D eigenvalue weighted by molar-refractivity contribution is 0.959. The molecule has 0 unspecified atom stereocenters. The standard InChI is InChI=1S/C7H6N3/c8-5-6-1-3-7(10-9)4-2-6/h1-4H,9H2. The Labute approximate surface area is 59.0 Å². The van der Waals surface area contributed by atoms with E-state index in [9.17, 15) is 0 Å². The minimum absolute atomic E-state index is 0.618. The molecule has 49 valence electrons. The third-order valence-corrected chi connectivity index (χ3v) is 1.15. The third kappa shape index (κ3) is 1.24. The van der Waals surface area contributed by atoms with Crippen molar-refractivity contribution in [2.45, 2.75) is 0 Å². The van der Waals surface area contributed by atoms with Gasteiger partial charge in [0.1, 0.15) is 0 Å². The van der Waals surface area contributed by atoms with E-state index in [0.717, 1.165) is 0 Å². The van der Waals surface area contributed by atoms with E-state index in [1.54, 1.807) is 24.3 Å². The summed E-state index contributed by atoms with van der Waals surface area (Å²) in [5.41, 5.74) is 4.73. The molecule has 1 aromatic carbocycles. The maximum absolute atomic E-state index is 8.39. The summed E-state index contributed by atoms with van der Waals surface area (Å²) < 4.78 is 0. The summed E-state index contributed by atoms with van der Waals surface area (Å²) >= 11 is 0. The summed E-state index contributed by atoms with van der Waals surface area (Å²) in [6.45, 7) is 0. The van der Waals surface area contributed by atoms with Gasteiger partial charge in [-0.05, 0) is 24.3 Å². The molecule has 0 bridgehead atoms. The molecule has 0 aliphatic carbocycles. The fourth-order valence-electron chi connectivity index (χ4n) is 0.622. The zero-order valence-electron chi connectivity index (χ0n) is 5.28. The molecule has 2 N–H and O–H groups in total. The van der Waals surface area contributed by atoms with Gasteiger partial charge in [0, 0.05) is 0 Å². The van der Waals surface area contributed by atoms with Gasteiger partial charge in [-0.15, -0.1) is 0 Å². The van der Waals surface area contributed by atoms with Crippen molar-refractivity contribution in [2.75, 3.05) is 0 Å². The van der Waals surface area contributed by atoms with Gasteiger partial charge in [-0.3, -0.25) is 0 Å². The summed E-state index contributed by atoms with van der Waals surface area (Å²) in [6, 6.07) is 8.73. The molecule has 1 aromatic rings. The number of rotatable bonds is 1. The molecule has 0 amide bonds. The number of hydrogen-bond acceptors (Lipinski definition) is 2. The molecule has 10 heavy (non-hydrogen) atoms. The van der Waals surface area contributed by atoms with Gasteiger partial charge < -0.3 is 0 Å². The highest BCUT2D eigenvalue weighted by Crippen LogP contribution is 2.06. The molecule has 3 nitrogen and oxygen atoms in total. The summed E-state index contributed by atoms with van der Waals surface area (Å²) in [6.07, 6.45) is 0. The highest BCUT2D eigenvalue weighted by Gasteiger charge is 1.89. The Bertz CT molecular complexity index is 245. The normalized spacial score (nSPS) is 8.40. The molecule has 0 saturated heterocycles. The Kier molecular flexibility index (Phi) is 1.88. The maximum Gasteiger partial charge on any atom is 0.0991 e. The molecule has 0 saturated carbocycles. The van der Waals surface area contributed by atoms with Crippen LogP contribution in [0.5, 0.6) is 0 Å². The molecule has 0 atom stereocenters. The molecule has 0 heterocycles. The lowest BCUT2D eigenvalue weighted by Crippen LogP contribution is -2.04. The first kappa shape index (κ1) is 6.59. The third-order valence-electron chi connectivity index (χ3n) is 1.15. The van der Waals surface area contributed by atoms with Crippen molar-refractivity contribution < 1.29 is 0 Å². The minimum Gasteiger partial charge on any atom is -0.227 e. The number of hydrogen-bond donors (Lipinski definition) is 1. The van der Waals surface area contributed by atoms with Crippen LogP contribution in [0, 0.1) is 11.3 Å². The lowest BCUT2D eigenvalue weighted by Gasteiger charge is -1.92. The van der Waals surface area contributed by atoms with Crippen molar-refractivity contribution in [1.29, 1.82) is 5.26 Å². The molecule has 1 rings (SSSR count). The summed E-state index contributed by atoms with van der Waals surface area (Å²) in [5.74, 6) is 4.98. The van der Waals surface area contributed by atoms with Crippen molar-refractivity contribution in [1.82, 2.24) is 5.43 Å². The molecule has 0 aliphatic heterocycles. The smallest absolute Gasteiger partial charge is 0.0991 e. The zero-order chi connectivity index (χ0) is 7.40. The van der Waals surface area contributed by atoms with Gasteiger partial charge in [0.15, 0.2) is 0 Å². The van der Waals surface area contributed by atoms with Gasteiger partial charge in [0.25, 0.3) is 0 Å². The second-order valence-corrected chi connectivity index (χ2v) is 1.79. The topological polar surface area (TPSA) is 63.9 Å². The fraction of sp³-hybridized carbons (Fsp3) is 0. The van der Waals surface area contributed by atoms with Crippen LogP contribution >= 0.6 is 0 Å².